The van der Waals surface area contributed by atoms with Crippen molar-refractivity contribution >= 4 is 11.9 Å². The average Bonchev–Trinajstić information content (AvgIpc) is 2.57. The molecule has 2 N–H and O–H groups in total. The van der Waals surface area contributed by atoms with Crippen LogP contribution in [0.1, 0.15) is 59.8 Å². The molecule has 6 heteroatoms. The van der Waals surface area contributed by atoms with Crippen LogP contribution in [0.4, 0.5) is 0 Å². The van der Waals surface area contributed by atoms with Crippen LogP contribution in [0.15, 0.2) is 4.99 Å². The van der Waals surface area contributed by atoms with Crippen molar-refractivity contribution in [3.8, 4) is 0 Å². The molecule has 0 radical (unpaired) electrons. The van der Waals surface area contributed by atoms with E-state index in [1.807, 2.05) is 11.8 Å². The Labute approximate surface area is 153 Å². The van der Waals surface area contributed by atoms with Gasteiger partial charge in [0.15, 0.2) is 5.96 Å². The number of hydrogen-bond donors (Lipinski definition) is 2. The van der Waals surface area contributed by atoms with Crippen molar-refractivity contribution in [2.24, 2.45) is 10.9 Å². The van der Waals surface area contributed by atoms with Crippen LogP contribution in [0.3, 0.4) is 0 Å². The first-order chi connectivity index (χ1) is 12.0. The summed E-state index contributed by atoms with van der Waals surface area (Å²) in [6.45, 7) is 13.1. The minimum Gasteiger partial charge on any atom is -0.381 e. The highest BCUT2D eigenvalue weighted by Crippen LogP contribution is 2.16. The minimum atomic E-state index is 0.248. The van der Waals surface area contributed by atoms with Gasteiger partial charge in [-0.15, -0.1) is 0 Å². The van der Waals surface area contributed by atoms with Crippen molar-refractivity contribution in [2.75, 3.05) is 39.4 Å². The number of amides is 1. The minimum absolute atomic E-state index is 0.248. The van der Waals surface area contributed by atoms with Crippen LogP contribution >= 0.6 is 0 Å². The van der Waals surface area contributed by atoms with Crippen molar-refractivity contribution in [1.82, 2.24) is 15.5 Å². The quantitative estimate of drug-likeness (QED) is 0.359. The Morgan fingerprint density at radius 3 is 2.80 bits per heavy atom. The highest BCUT2D eigenvalue weighted by atomic mass is 16.5. The number of nitrogens with zero attached hydrogens (tertiary/aromatic N) is 2. The summed E-state index contributed by atoms with van der Waals surface area (Å²) in [5.41, 5.74) is 0. The Hall–Kier alpha value is -1.30. The van der Waals surface area contributed by atoms with Crippen molar-refractivity contribution in [2.45, 2.75) is 65.8 Å². The predicted molar refractivity (Wildman–Crippen MR) is 104 cm³/mol. The van der Waals surface area contributed by atoms with Gasteiger partial charge >= 0.3 is 0 Å². The average molecular weight is 355 g/mol. The molecule has 0 spiro atoms. The molecule has 1 saturated heterocycles. The molecular weight excluding hydrogens is 316 g/mol. The summed E-state index contributed by atoms with van der Waals surface area (Å²) in [5, 5.41) is 6.49. The summed E-state index contributed by atoms with van der Waals surface area (Å²) >= 11 is 0. The van der Waals surface area contributed by atoms with Gasteiger partial charge in [0.1, 0.15) is 0 Å². The zero-order valence-corrected chi connectivity index (χ0v) is 16.6. The molecule has 0 bridgehead atoms. The molecule has 1 rings (SSSR count). The Morgan fingerprint density at radius 2 is 2.12 bits per heavy atom. The van der Waals surface area contributed by atoms with Gasteiger partial charge in [-0.3, -0.25) is 9.79 Å². The number of aliphatic imine (C=N–C) groups is 1. The van der Waals surface area contributed by atoms with E-state index in [4.69, 9.17) is 4.74 Å². The summed E-state index contributed by atoms with van der Waals surface area (Å²) < 4.78 is 5.57. The third-order valence-electron chi connectivity index (χ3n) is 4.27. The molecule has 0 saturated carbocycles. The Morgan fingerprint density at radius 1 is 1.32 bits per heavy atom. The molecule has 1 amide bonds. The Bertz CT molecular complexity index is 399. The van der Waals surface area contributed by atoms with E-state index in [1.165, 1.54) is 6.42 Å². The van der Waals surface area contributed by atoms with E-state index >= 15 is 0 Å². The molecule has 0 aliphatic carbocycles. The number of hydrogen-bond acceptors (Lipinski definition) is 3. The number of ether oxygens (including phenoxy) is 1. The van der Waals surface area contributed by atoms with Crippen molar-refractivity contribution in [3.63, 3.8) is 0 Å². The van der Waals surface area contributed by atoms with Crippen LogP contribution in [-0.2, 0) is 9.53 Å². The van der Waals surface area contributed by atoms with Crippen LogP contribution in [0.5, 0.6) is 0 Å². The van der Waals surface area contributed by atoms with E-state index in [2.05, 4.69) is 36.4 Å². The van der Waals surface area contributed by atoms with Crippen LogP contribution < -0.4 is 10.6 Å². The van der Waals surface area contributed by atoms with E-state index in [1.54, 1.807) is 0 Å². The molecular formula is C19H38N4O2. The first-order valence-corrected chi connectivity index (χ1v) is 9.94. The lowest BCUT2D eigenvalue weighted by Gasteiger charge is -2.33. The lowest BCUT2D eigenvalue weighted by Crippen LogP contribution is -2.44. The summed E-state index contributed by atoms with van der Waals surface area (Å²) in [4.78, 5) is 18.9. The lowest BCUT2D eigenvalue weighted by atomic mass is 10.0. The van der Waals surface area contributed by atoms with Crippen molar-refractivity contribution in [1.29, 1.82) is 0 Å². The number of carbonyl (C=O) groups is 1. The molecule has 146 valence electrons. The summed E-state index contributed by atoms with van der Waals surface area (Å²) in [6.07, 6.45) is 4.93. The van der Waals surface area contributed by atoms with Gasteiger partial charge in [-0.2, -0.15) is 0 Å². The highest BCUT2D eigenvalue weighted by molar-refractivity contribution is 5.81. The molecule has 1 unspecified atom stereocenters. The van der Waals surface area contributed by atoms with Crippen LogP contribution in [-0.4, -0.2) is 62.2 Å². The van der Waals surface area contributed by atoms with Gasteiger partial charge in [0.2, 0.25) is 5.91 Å². The smallest absolute Gasteiger partial charge is 0.224 e. The second-order valence-electron chi connectivity index (χ2n) is 7.19. The number of guanidine groups is 1. The maximum atomic E-state index is 12.3. The SMILES string of the molecule is CCNC(=NCCCOCC(C)C)NCCC(=O)N1CCCCC1C. The van der Waals surface area contributed by atoms with Gasteiger partial charge in [0, 0.05) is 51.9 Å². The zero-order valence-electron chi connectivity index (χ0n) is 16.6. The number of nitrogens with one attached hydrogen (secondary N) is 2. The third-order valence-corrected chi connectivity index (χ3v) is 4.27. The largest absolute Gasteiger partial charge is 0.381 e. The van der Waals surface area contributed by atoms with Gasteiger partial charge in [-0.1, -0.05) is 13.8 Å². The highest BCUT2D eigenvalue weighted by Gasteiger charge is 2.22. The second-order valence-corrected chi connectivity index (χ2v) is 7.19. The molecule has 1 aliphatic heterocycles. The van der Waals surface area contributed by atoms with Gasteiger partial charge in [0.25, 0.3) is 0 Å². The number of piperidine rings is 1. The van der Waals surface area contributed by atoms with E-state index in [0.717, 1.165) is 58.1 Å². The first kappa shape index (κ1) is 21.7. The molecule has 0 aromatic rings. The molecule has 25 heavy (non-hydrogen) atoms. The first-order valence-electron chi connectivity index (χ1n) is 9.94. The molecule has 1 fully saturated rings. The lowest BCUT2D eigenvalue weighted by molar-refractivity contribution is -0.134. The maximum Gasteiger partial charge on any atom is 0.224 e. The molecule has 1 heterocycles. The summed E-state index contributed by atoms with van der Waals surface area (Å²) in [6, 6.07) is 0.383. The van der Waals surface area contributed by atoms with Gasteiger partial charge in [-0.05, 0) is 45.4 Å². The number of likely N-dealkylation sites (tertiary alicyclic amines) is 1. The summed E-state index contributed by atoms with van der Waals surface area (Å²) in [7, 11) is 0. The third kappa shape index (κ3) is 9.68. The zero-order chi connectivity index (χ0) is 18.5. The maximum absolute atomic E-state index is 12.3. The van der Waals surface area contributed by atoms with E-state index in [-0.39, 0.29) is 5.91 Å². The second kappa shape index (κ2) is 13.0. The van der Waals surface area contributed by atoms with Gasteiger partial charge in [-0.25, -0.2) is 0 Å². The number of rotatable bonds is 10. The van der Waals surface area contributed by atoms with Crippen LogP contribution in [0, 0.1) is 5.92 Å². The molecule has 0 aromatic heterocycles. The Kier molecular flexibility index (Phi) is 11.3. The van der Waals surface area contributed by atoms with E-state index < -0.39 is 0 Å². The standard InChI is InChI=1S/C19H38N4O2/c1-5-20-19(21-11-8-14-25-15-16(2)3)22-12-10-18(24)23-13-7-6-9-17(23)4/h16-17H,5-15H2,1-4H3,(H2,20,21,22). The van der Waals surface area contributed by atoms with Gasteiger partial charge < -0.3 is 20.3 Å². The van der Waals surface area contributed by atoms with Crippen molar-refractivity contribution < 1.29 is 9.53 Å². The predicted octanol–water partition coefficient (Wildman–Crippen LogP) is 2.40. The fraction of sp³-hybridized carbons (Fsp3) is 0.895. The normalized spacial score (nSPS) is 18.5. The monoisotopic (exact) mass is 354 g/mol. The topological polar surface area (TPSA) is 66.0 Å². The molecule has 6 nitrogen and oxygen atoms in total. The fourth-order valence-electron chi connectivity index (χ4n) is 2.92. The van der Waals surface area contributed by atoms with E-state index in [9.17, 15) is 4.79 Å². The summed E-state index contributed by atoms with van der Waals surface area (Å²) in [5.74, 6) is 1.60. The molecule has 1 aliphatic rings. The number of carbonyl (C=O) groups excluding carboxylic acids is 1. The van der Waals surface area contributed by atoms with Crippen LogP contribution in [0.25, 0.3) is 0 Å². The molecule has 0 aromatic carbocycles. The van der Waals surface area contributed by atoms with Crippen molar-refractivity contribution in [3.05, 3.63) is 0 Å². The van der Waals surface area contributed by atoms with Crippen LogP contribution in [0.2, 0.25) is 0 Å². The molecule has 1 atom stereocenters. The Balaban J connectivity index is 2.24. The fourth-order valence-corrected chi connectivity index (χ4v) is 2.92. The van der Waals surface area contributed by atoms with E-state index in [0.29, 0.717) is 24.9 Å². The van der Waals surface area contributed by atoms with Gasteiger partial charge in [0.05, 0.1) is 0 Å².